The first-order valence-corrected chi connectivity index (χ1v) is 8.28. The molecule has 0 saturated heterocycles. The summed E-state index contributed by atoms with van der Waals surface area (Å²) in [7, 11) is 0. The molecule has 0 fully saturated rings. The van der Waals surface area contributed by atoms with Crippen molar-refractivity contribution in [2.45, 2.75) is 19.5 Å². The molecule has 0 aliphatic carbocycles. The SMILES string of the molecule is C[C@H](NC[C@H]1CNc2ccnn2C1)c1cccc2ccccc12. The van der Waals surface area contributed by atoms with E-state index in [0.717, 1.165) is 25.5 Å². The fourth-order valence-corrected chi connectivity index (χ4v) is 3.40. The summed E-state index contributed by atoms with van der Waals surface area (Å²) in [5.41, 5.74) is 1.37. The highest BCUT2D eigenvalue weighted by Gasteiger charge is 2.19. The lowest BCUT2D eigenvalue weighted by molar-refractivity contribution is 0.377. The predicted octanol–water partition coefficient (Wildman–Crippen LogP) is 3.43. The molecule has 4 nitrogen and oxygen atoms in total. The first-order valence-electron chi connectivity index (χ1n) is 8.28. The standard InChI is InChI=1S/C19H22N4/c1-14(17-8-4-6-16-5-2-3-7-18(16)17)20-11-15-12-21-19-9-10-22-23(19)13-15/h2-10,14-15,20-21H,11-13H2,1H3/t14-,15-/m0/s1. The molecule has 2 heterocycles. The third-order valence-electron chi connectivity index (χ3n) is 4.72. The molecule has 0 amide bonds. The van der Waals surface area contributed by atoms with Crippen molar-refractivity contribution in [3.05, 3.63) is 60.3 Å². The molecule has 1 aliphatic heterocycles. The van der Waals surface area contributed by atoms with Gasteiger partial charge in [-0.25, -0.2) is 4.68 Å². The summed E-state index contributed by atoms with van der Waals surface area (Å²) in [6.07, 6.45) is 1.86. The highest BCUT2D eigenvalue weighted by atomic mass is 15.3. The average Bonchev–Trinajstić information content (AvgIpc) is 3.07. The number of benzene rings is 2. The van der Waals surface area contributed by atoms with Crippen molar-refractivity contribution < 1.29 is 0 Å². The normalized spacial score (nSPS) is 18.4. The third kappa shape index (κ3) is 2.82. The van der Waals surface area contributed by atoms with E-state index < -0.39 is 0 Å². The summed E-state index contributed by atoms with van der Waals surface area (Å²) in [6.45, 7) is 5.21. The van der Waals surface area contributed by atoms with Crippen LogP contribution in [0.2, 0.25) is 0 Å². The maximum Gasteiger partial charge on any atom is 0.124 e. The van der Waals surface area contributed by atoms with E-state index in [1.165, 1.54) is 16.3 Å². The van der Waals surface area contributed by atoms with Gasteiger partial charge in [0.15, 0.2) is 0 Å². The van der Waals surface area contributed by atoms with Crippen LogP contribution in [0.4, 0.5) is 5.82 Å². The average molecular weight is 306 g/mol. The Hall–Kier alpha value is -2.33. The summed E-state index contributed by atoms with van der Waals surface area (Å²) < 4.78 is 2.05. The lowest BCUT2D eigenvalue weighted by Crippen LogP contribution is -2.36. The largest absolute Gasteiger partial charge is 0.370 e. The molecule has 118 valence electrons. The van der Waals surface area contributed by atoms with Gasteiger partial charge >= 0.3 is 0 Å². The Morgan fingerprint density at radius 2 is 2.09 bits per heavy atom. The van der Waals surface area contributed by atoms with Crippen LogP contribution in [0.5, 0.6) is 0 Å². The fourth-order valence-electron chi connectivity index (χ4n) is 3.40. The number of rotatable bonds is 4. The molecule has 4 rings (SSSR count). The van der Waals surface area contributed by atoms with Crippen LogP contribution < -0.4 is 10.6 Å². The molecule has 4 heteroatoms. The minimum Gasteiger partial charge on any atom is -0.370 e. The molecule has 0 unspecified atom stereocenters. The summed E-state index contributed by atoms with van der Waals surface area (Å²) >= 11 is 0. The highest BCUT2D eigenvalue weighted by molar-refractivity contribution is 5.86. The molecule has 1 aromatic heterocycles. The molecule has 2 aromatic carbocycles. The van der Waals surface area contributed by atoms with Gasteiger partial charge in [0.05, 0.1) is 6.20 Å². The minimum absolute atomic E-state index is 0.333. The zero-order valence-corrected chi connectivity index (χ0v) is 13.4. The van der Waals surface area contributed by atoms with E-state index in [1.807, 2.05) is 12.3 Å². The van der Waals surface area contributed by atoms with E-state index in [2.05, 4.69) is 69.8 Å². The molecule has 0 spiro atoms. The summed E-state index contributed by atoms with van der Waals surface area (Å²) in [5, 5.41) is 14.2. The Morgan fingerprint density at radius 1 is 1.22 bits per heavy atom. The maximum absolute atomic E-state index is 4.36. The molecule has 0 bridgehead atoms. The highest BCUT2D eigenvalue weighted by Crippen LogP contribution is 2.24. The maximum atomic E-state index is 4.36. The molecule has 23 heavy (non-hydrogen) atoms. The molecule has 2 atom stereocenters. The molecule has 0 saturated carbocycles. The van der Waals surface area contributed by atoms with Crippen LogP contribution in [0.1, 0.15) is 18.5 Å². The Bertz CT molecular complexity index is 802. The molecule has 0 radical (unpaired) electrons. The smallest absolute Gasteiger partial charge is 0.124 e. The van der Waals surface area contributed by atoms with Crippen molar-refractivity contribution in [3.8, 4) is 0 Å². The quantitative estimate of drug-likeness (QED) is 0.776. The van der Waals surface area contributed by atoms with Gasteiger partial charge in [-0.05, 0) is 23.3 Å². The molecule has 2 N–H and O–H groups in total. The number of hydrogen-bond acceptors (Lipinski definition) is 3. The topological polar surface area (TPSA) is 41.9 Å². The Balaban J connectivity index is 1.45. The van der Waals surface area contributed by atoms with Gasteiger partial charge in [-0.3, -0.25) is 0 Å². The summed E-state index contributed by atoms with van der Waals surface area (Å²) in [5.74, 6) is 1.68. The zero-order valence-electron chi connectivity index (χ0n) is 13.4. The lowest BCUT2D eigenvalue weighted by atomic mass is 9.99. The Morgan fingerprint density at radius 3 is 3.04 bits per heavy atom. The summed E-state index contributed by atoms with van der Waals surface area (Å²) in [4.78, 5) is 0. The second kappa shape index (κ2) is 6.05. The third-order valence-corrected chi connectivity index (χ3v) is 4.72. The van der Waals surface area contributed by atoms with E-state index in [-0.39, 0.29) is 0 Å². The first kappa shape index (κ1) is 14.3. The van der Waals surface area contributed by atoms with Crippen LogP contribution in [0.25, 0.3) is 10.8 Å². The van der Waals surface area contributed by atoms with Crippen molar-refractivity contribution in [1.82, 2.24) is 15.1 Å². The second-order valence-corrected chi connectivity index (χ2v) is 6.34. The minimum atomic E-state index is 0.333. The van der Waals surface area contributed by atoms with Gasteiger partial charge in [-0.1, -0.05) is 42.5 Å². The van der Waals surface area contributed by atoms with Gasteiger partial charge in [0, 0.05) is 37.7 Å². The van der Waals surface area contributed by atoms with Crippen molar-refractivity contribution in [2.24, 2.45) is 5.92 Å². The number of nitrogens with zero attached hydrogens (tertiary/aromatic N) is 2. The summed E-state index contributed by atoms with van der Waals surface area (Å²) in [6, 6.07) is 17.5. The lowest BCUT2D eigenvalue weighted by Gasteiger charge is -2.27. The van der Waals surface area contributed by atoms with Crippen molar-refractivity contribution in [2.75, 3.05) is 18.4 Å². The van der Waals surface area contributed by atoms with Gasteiger partial charge in [0.1, 0.15) is 5.82 Å². The first-order chi connectivity index (χ1) is 11.3. The number of nitrogens with one attached hydrogen (secondary N) is 2. The van der Waals surface area contributed by atoms with Gasteiger partial charge in [0.2, 0.25) is 0 Å². The van der Waals surface area contributed by atoms with Gasteiger partial charge in [-0.15, -0.1) is 0 Å². The predicted molar refractivity (Wildman–Crippen MR) is 94.6 cm³/mol. The van der Waals surface area contributed by atoms with Crippen LogP contribution in [0.3, 0.4) is 0 Å². The van der Waals surface area contributed by atoms with Crippen LogP contribution >= 0.6 is 0 Å². The van der Waals surface area contributed by atoms with Crippen LogP contribution in [-0.4, -0.2) is 22.9 Å². The molecule has 1 aliphatic rings. The number of fused-ring (bicyclic) bond motifs is 2. The van der Waals surface area contributed by atoms with Gasteiger partial charge in [-0.2, -0.15) is 5.10 Å². The van der Waals surface area contributed by atoms with Crippen molar-refractivity contribution >= 4 is 16.6 Å². The van der Waals surface area contributed by atoms with E-state index >= 15 is 0 Å². The van der Waals surface area contributed by atoms with E-state index in [4.69, 9.17) is 0 Å². The van der Waals surface area contributed by atoms with Crippen LogP contribution in [-0.2, 0) is 6.54 Å². The number of anilines is 1. The van der Waals surface area contributed by atoms with Gasteiger partial charge < -0.3 is 10.6 Å². The van der Waals surface area contributed by atoms with Crippen LogP contribution in [0.15, 0.2) is 54.7 Å². The zero-order chi connectivity index (χ0) is 15.6. The number of hydrogen-bond donors (Lipinski definition) is 2. The van der Waals surface area contributed by atoms with Crippen LogP contribution in [0, 0.1) is 5.92 Å². The Kier molecular flexibility index (Phi) is 3.75. The van der Waals surface area contributed by atoms with E-state index in [1.54, 1.807) is 0 Å². The second-order valence-electron chi connectivity index (χ2n) is 6.34. The van der Waals surface area contributed by atoms with Gasteiger partial charge in [0.25, 0.3) is 0 Å². The van der Waals surface area contributed by atoms with Crippen molar-refractivity contribution in [1.29, 1.82) is 0 Å². The molecular weight excluding hydrogens is 284 g/mol. The molecule has 3 aromatic rings. The fraction of sp³-hybridized carbons (Fsp3) is 0.316. The van der Waals surface area contributed by atoms with E-state index in [0.29, 0.717) is 12.0 Å². The number of aromatic nitrogens is 2. The Labute approximate surface area is 136 Å². The molecular formula is C19H22N4. The monoisotopic (exact) mass is 306 g/mol. The van der Waals surface area contributed by atoms with Crippen molar-refractivity contribution in [3.63, 3.8) is 0 Å². The van der Waals surface area contributed by atoms with E-state index in [9.17, 15) is 0 Å².